The summed E-state index contributed by atoms with van der Waals surface area (Å²) < 4.78 is 20.5. The highest BCUT2D eigenvalue weighted by molar-refractivity contribution is 5.93. The number of amides is 1. The smallest absolute Gasteiger partial charge is 0.310 e. The van der Waals surface area contributed by atoms with Crippen LogP contribution in [0.5, 0.6) is 17.2 Å². The molecule has 0 aliphatic heterocycles. The SMILES string of the molecule is COc1cc(NC(=O)COC(=O)Cc2ccccc2OC)cc(OC)c1. The second-order valence-electron chi connectivity index (χ2n) is 5.30. The summed E-state index contributed by atoms with van der Waals surface area (Å²) in [6.45, 7) is -0.395. The minimum absolute atomic E-state index is 0.0181. The van der Waals surface area contributed by atoms with Crippen LogP contribution >= 0.6 is 0 Å². The van der Waals surface area contributed by atoms with Gasteiger partial charge >= 0.3 is 5.97 Å². The zero-order chi connectivity index (χ0) is 18.9. The minimum atomic E-state index is -0.520. The van der Waals surface area contributed by atoms with Gasteiger partial charge in [0, 0.05) is 29.4 Å². The molecule has 0 aliphatic rings. The number of rotatable bonds is 8. The molecule has 2 rings (SSSR count). The van der Waals surface area contributed by atoms with Gasteiger partial charge in [-0.15, -0.1) is 0 Å². The molecule has 2 aromatic rings. The van der Waals surface area contributed by atoms with Crippen LogP contribution in [0.2, 0.25) is 0 Å². The molecule has 7 nitrogen and oxygen atoms in total. The van der Waals surface area contributed by atoms with E-state index in [-0.39, 0.29) is 6.42 Å². The van der Waals surface area contributed by atoms with Gasteiger partial charge in [0.1, 0.15) is 17.2 Å². The van der Waals surface area contributed by atoms with Gasteiger partial charge in [-0.25, -0.2) is 0 Å². The molecule has 2 aromatic carbocycles. The molecule has 0 spiro atoms. The maximum absolute atomic E-state index is 12.0. The monoisotopic (exact) mass is 359 g/mol. The van der Waals surface area contributed by atoms with E-state index < -0.39 is 18.5 Å². The molecule has 0 radical (unpaired) electrons. The third kappa shape index (κ3) is 5.41. The Kier molecular flexibility index (Phi) is 6.84. The Labute approximate surface area is 151 Å². The number of carbonyl (C=O) groups excluding carboxylic acids is 2. The minimum Gasteiger partial charge on any atom is -0.497 e. The van der Waals surface area contributed by atoms with Crippen molar-refractivity contribution in [2.75, 3.05) is 33.3 Å². The van der Waals surface area contributed by atoms with E-state index in [0.29, 0.717) is 28.5 Å². The van der Waals surface area contributed by atoms with Gasteiger partial charge in [0.2, 0.25) is 0 Å². The summed E-state index contributed by atoms with van der Waals surface area (Å²) >= 11 is 0. The molecule has 0 fully saturated rings. The number of hydrogen-bond donors (Lipinski definition) is 1. The lowest BCUT2D eigenvalue weighted by Gasteiger charge is -2.11. The molecule has 0 saturated carbocycles. The summed E-state index contributed by atoms with van der Waals surface area (Å²) in [6, 6.07) is 12.1. The highest BCUT2D eigenvalue weighted by atomic mass is 16.5. The van der Waals surface area contributed by atoms with Crippen LogP contribution in [0, 0.1) is 0 Å². The Morgan fingerprint density at radius 2 is 1.58 bits per heavy atom. The first-order chi connectivity index (χ1) is 12.5. The number of anilines is 1. The summed E-state index contributed by atoms with van der Waals surface area (Å²) in [4.78, 5) is 23.9. The van der Waals surface area contributed by atoms with Gasteiger partial charge < -0.3 is 24.3 Å². The van der Waals surface area contributed by atoms with E-state index >= 15 is 0 Å². The Bertz CT molecular complexity index is 752. The highest BCUT2D eigenvalue weighted by Crippen LogP contribution is 2.25. The van der Waals surface area contributed by atoms with Gasteiger partial charge in [-0.1, -0.05) is 18.2 Å². The topological polar surface area (TPSA) is 83.1 Å². The summed E-state index contributed by atoms with van der Waals surface area (Å²) in [6.07, 6.45) is 0.0181. The molecule has 0 heterocycles. The molecule has 0 unspecified atom stereocenters. The predicted molar refractivity (Wildman–Crippen MR) is 95.8 cm³/mol. The molecule has 26 heavy (non-hydrogen) atoms. The number of methoxy groups -OCH3 is 3. The lowest BCUT2D eigenvalue weighted by atomic mass is 10.1. The third-order valence-electron chi connectivity index (χ3n) is 3.53. The maximum atomic E-state index is 12.0. The normalized spacial score (nSPS) is 9.96. The number of ether oxygens (including phenoxy) is 4. The molecule has 138 valence electrons. The van der Waals surface area contributed by atoms with Crippen molar-refractivity contribution >= 4 is 17.6 Å². The van der Waals surface area contributed by atoms with E-state index in [4.69, 9.17) is 18.9 Å². The standard InChI is InChI=1S/C19H21NO6/c1-23-15-9-14(10-16(11-15)24-2)20-18(21)12-26-19(22)8-13-6-4-5-7-17(13)25-3/h4-7,9-11H,8,12H2,1-3H3,(H,20,21). The van der Waals surface area contributed by atoms with E-state index in [9.17, 15) is 9.59 Å². The largest absolute Gasteiger partial charge is 0.497 e. The number of nitrogens with one attached hydrogen (secondary N) is 1. The number of carbonyl (C=O) groups is 2. The van der Waals surface area contributed by atoms with Crippen molar-refractivity contribution < 1.29 is 28.5 Å². The van der Waals surface area contributed by atoms with Gasteiger partial charge in [-0.3, -0.25) is 9.59 Å². The van der Waals surface area contributed by atoms with Gasteiger partial charge in [0.25, 0.3) is 5.91 Å². The van der Waals surface area contributed by atoms with Crippen molar-refractivity contribution in [3.05, 3.63) is 48.0 Å². The molecule has 0 saturated heterocycles. The van der Waals surface area contributed by atoms with Crippen molar-refractivity contribution in [2.24, 2.45) is 0 Å². The predicted octanol–water partition coefficient (Wildman–Crippen LogP) is 2.44. The van der Waals surface area contributed by atoms with Gasteiger partial charge in [0.05, 0.1) is 27.8 Å². The van der Waals surface area contributed by atoms with E-state index in [1.54, 1.807) is 36.4 Å². The van der Waals surface area contributed by atoms with Crippen LogP contribution in [0.1, 0.15) is 5.56 Å². The van der Waals surface area contributed by atoms with Crippen LogP contribution in [0.25, 0.3) is 0 Å². The number of benzene rings is 2. The molecule has 1 amide bonds. The summed E-state index contributed by atoms with van der Waals surface area (Å²) in [5, 5.41) is 2.63. The number of esters is 1. The van der Waals surface area contributed by atoms with E-state index in [1.165, 1.54) is 21.3 Å². The van der Waals surface area contributed by atoms with Crippen molar-refractivity contribution in [1.29, 1.82) is 0 Å². The fourth-order valence-electron chi connectivity index (χ4n) is 2.28. The molecular weight excluding hydrogens is 338 g/mol. The Morgan fingerprint density at radius 1 is 0.923 bits per heavy atom. The van der Waals surface area contributed by atoms with Crippen LogP contribution in [0.3, 0.4) is 0 Å². The van der Waals surface area contributed by atoms with Crippen LogP contribution in [-0.4, -0.2) is 39.8 Å². The van der Waals surface area contributed by atoms with Crippen molar-refractivity contribution in [3.8, 4) is 17.2 Å². The zero-order valence-electron chi connectivity index (χ0n) is 14.9. The van der Waals surface area contributed by atoms with Gasteiger partial charge in [-0.05, 0) is 6.07 Å². The van der Waals surface area contributed by atoms with Crippen LogP contribution in [-0.2, 0) is 20.7 Å². The lowest BCUT2D eigenvalue weighted by Crippen LogP contribution is -2.21. The first-order valence-electron chi connectivity index (χ1n) is 7.86. The summed E-state index contributed by atoms with van der Waals surface area (Å²) in [5.41, 5.74) is 1.17. The van der Waals surface area contributed by atoms with E-state index in [0.717, 1.165) is 0 Å². The zero-order valence-corrected chi connectivity index (χ0v) is 14.9. The highest BCUT2D eigenvalue weighted by Gasteiger charge is 2.12. The molecule has 0 atom stereocenters. The Morgan fingerprint density at radius 3 is 2.19 bits per heavy atom. The van der Waals surface area contributed by atoms with E-state index in [1.807, 2.05) is 6.07 Å². The molecule has 1 N–H and O–H groups in total. The van der Waals surface area contributed by atoms with Crippen LogP contribution < -0.4 is 19.5 Å². The summed E-state index contributed by atoms with van der Waals surface area (Å²) in [5.74, 6) is 0.680. The van der Waals surface area contributed by atoms with Crippen LogP contribution in [0.4, 0.5) is 5.69 Å². The number of para-hydroxylation sites is 1. The van der Waals surface area contributed by atoms with Crippen molar-refractivity contribution in [1.82, 2.24) is 0 Å². The third-order valence-corrected chi connectivity index (χ3v) is 3.53. The molecule has 7 heteroatoms. The van der Waals surface area contributed by atoms with Crippen molar-refractivity contribution in [3.63, 3.8) is 0 Å². The maximum Gasteiger partial charge on any atom is 0.310 e. The quantitative estimate of drug-likeness (QED) is 0.729. The first kappa shape index (κ1) is 19.1. The Hall–Kier alpha value is -3.22. The second kappa shape index (κ2) is 9.31. The second-order valence-corrected chi connectivity index (χ2v) is 5.30. The fourth-order valence-corrected chi connectivity index (χ4v) is 2.28. The Balaban J connectivity index is 1.89. The molecule has 0 aliphatic carbocycles. The lowest BCUT2D eigenvalue weighted by molar-refractivity contribution is -0.146. The fraction of sp³-hybridized carbons (Fsp3) is 0.263. The molecule has 0 bridgehead atoms. The van der Waals surface area contributed by atoms with E-state index in [2.05, 4.69) is 5.32 Å². The molecule has 0 aromatic heterocycles. The van der Waals surface area contributed by atoms with Gasteiger partial charge in [0.15, 0.2) is 6.61 Å². The van der Waals surface area contributed by atoms with Gasteiger partial charge in [-0.2, -0.15) is 0 Å². The average Bonchev–Trinajstić information content (AvgIpc) is 2.66. The average molecular weight is 359 g/mol. The first-order valence-corrected chi connectivity index (χ1v) is 7.86. The number of hydrogen-bond acceptors (Lipinski definition) is 6. The van der Waals surface area contributed by atoms with Crippen LogP contribution in [0.15, 0.2) is 42.5 Å². The summed E-state index contributed by atoms with van der Waals surface area (Å²) in [7, 11) is 4.56. The van der Waals surface area contributed by atoms with Crippen molar-refractivity contribution in [2.45, 2.75) is 6.42 Å². The molecular formula is C19H21NO6.